The van der Waals surface area contributed by atoms with Crippen LogP contribution in [0.3, 0.4) is 0 Å². The summed E-state index contributed by atoms with van der Waals surface area (Å²) in [6, 6.07) is 15.2. The number of nitrogen functional groups attached to an aromatic ring is 1. The lowest BCUT2D eigenvalue weighted by molar-refractivity contribution is 0.443. The van der Waals surface area contributed by atoms with Crippen molar-refractivity contribution in [1.82, 2.24) is 0 Å². The van der Waals surface area contributed by atoms with Gasteiger partial charge in [-0.25, -0.2) is 0 Å². The first-order chi connectivity index (χ1) is 13.5. The maximum absolute atomic E-state index is 5.82. The van der Waals surface area contributed by atoms with Crippen molar-refractivity contribution in [3.63, 3.8) is 0 Å². The molecule has 4 N–H and O–H groups in total. The van der Waals surface area contributed by atoms with Crippen LogP contribution in [-0.2, 0) is 6.42 Å². The van der Waals surface area contributed by atoms with Crippen LogP contribution < -0.4 is 11.5 Å². The molecular formula is C26H40N2. The third-order valence-corrected chi connectivity index (χ3v) is 5.16. The van der Waals surface area contributed by atoms with Gasteiger partial charge in [0.05, 0.1) is 0 Å². The topological polar surface area (TPSA) is 52.0 Å². The molecule has 2 aromatic rings. The van der Waals surface area contributed by atoms with E-state index in [-0.39, 0.29) is 0 Å². The Morgan fingerprint density at radius 1 is 1.00 bits per heavy atom. The fourth-order valence-electron chi connectivity index (χ4n) is 3.45. The van der Waals surface area contributed by atoms with Crippen molar-refractivity contribution in [2.75, 3.05) is 12.3 Å². The first kappa shape index (κ1) is 24.0. The summed E-state index contributed by atoms with van der Waals surface area (Å²) in [7, 11) is 0. The van der Waals surface area contributed by atoms with Crippen LogP contribution in [0, 0.1) is 13.8 Å². The minimum absolute atomic E-state index is 0.786. The van der Waals surface area contributed by atoms with Crippen LogP contribution >= 0.6 is 0 Å². The zero-order valence-electron chi connectivity index (χ0n) is 18.2. The molecule has 28 heavy (non-hydrogen) atoms. The number of aryl methyl sites for hydroxylation is 3. The van der Waals surface area contributed by atoms with Gasteiger partial charge in [-0.15, -0.1) is 6.58 Å². The summed E-state index contributed by atoms with van der Waals surface area (Å²) in [6.07, 6.45) is 10.9. The van der Waals surface area contributed by atoms with Gasteiger partial charge in [0.1, 0.15) is 0 Å². The van der Waals surface area contributed by atoms with E-state index in [1.54, 1.807) is 6.08 Å². The van der Waals surface area contributed by atoms with Gasteiger partial charge in [-0.3, -0.25) is 0 Å². The van der Waals surface area contributed by atoms with Crippen molar-refractivity contribution in [2.24, 2.45) is 5.73 Å². The van der Waals surface area contributed by atoms with Gasteiger partial charge in [0.2, 0.25) is 0 Å². The van der Waals surface area contributed by atoms with Crippen LogP contribution in [0.25, 0.3) is 0 Å². The van der Waals surface area contributed by atoms with Crippen LogP contribution in [0.2, 0.25) is 0 Å². The number of rotatable bonds is 4. The van der Waals surface area contributed by atoms with Gasteiger partial charge in [-0.05, 0) is 81.7 Å². The predicted octanol–water partition coefficient (Wildman–Crippen LogP) is 6.70. The van der Waals surface area contributed by atoms with Crippen LogP contribution in [0.1, 0.15) is 73.6 Å². The molecule has 0 aromatic heterocycles. The van der Waals surface area contributed by atoms with Gasteiger partial charge in [-0.2, -0.15) is 0 Å². The highest BCUT2D eigenvalue weighted by molar-refractivity contribution is 5.48. The van der Waals surface area contributed by atoms with E-state index in [1.165, 1.54) is 54.4 Å². The van der Waals surface area contributed by atoms with E-state index in [0.717, 1.165) is 31.0 Å². The Labute approximate surface area is 173 Å². The molecule has 2 heteroatoms. The maximum atomic E-state index is 5.82. The lowest BCUT2D eigenvalue weighted by Crippen LogP contribution is -2.05. The monoisotopic (exact) mass is 380 g/mol. The normalized spacial score (nSPS) is 13.6. The average Bonchev–Trinajstić information content (AvgIpc) is 2.71. The second-order valence-electron chi connectivity index (χ2n) is 7.74. The highest BCUT2D eigenvalue weighted by Crippen LogP contribution is 2.33. The van der Waals surface area contributed by atoms with E-state index in [9.17, 15) is 0 Å². The fraction of sp³-hybridized carbons (Fsp3) is 0.462. The third kappa shape index (κ3) is 9.23. The molecule has 0 amide bonds. The Morgan fingerprint density at radius 2 is 1.61 bits per heavy atom. The second-order valence-corrected chi connectivity index (χ2v) is 7.74. The van der Waals surface area contributed by atoms with E-state index in [1.807, 2.05) is 6.92 Å². The number of allylic oxidation sites excluding steroid dienone is 1. The fourth-order valence-corrected chi connectivity index (χ4v) is 3.45. The van der Waals surface area contributed by atoms with Gasteiger partial charge >= 0.3 is 0 Å². The molecule has 0 bridgehead atoms. The highest BCUT2D eigenvalue weighted by Gasteiger charge is 2.15. The highest BCUT2D eigenvalue weighted by atomic mass is 14.5. The molecule has 0 saturated heterocycles. The lowest BCUT2D eigenvalue weighted by Gasteiger charge is -2.22. The van der Waals surface area contributed by atoms with Crippen molar-refractivity contribution < 1.29 is 0 Å². The quantitative estimate of drug-likeness (QED) is 0.458. The van der Waals surface area contributed by atoms with Crippen LogP contribution in [0.15, 0.2) is 55.1 Å². The number of hydrogen-bond acceptors (Lipinski definition) is 2. The zero-order chi connectivity index (χ0) is 20.8. The molecule has 1 fully saturated rings. The average molecular weight is 381 g/mol. The summed E-state index contributed by atoms with van der Waals surface area (Å²) >= 11 is 0. The standard InChI is InChI=1S/C13H19N.C10H15N.C3H6/c1-10-9-12(7-8-13(10)14)11-5-3-2-4-6-11;1-9-4-6-10(7-5-9)3-2-8-11;1-3-2/h7-9,11H,2-6,14H2,1H3;4-7H,2-3,8,11H2,1H3;3H,1H2,2H3. The van der Waals surface area contributed by atoms with E-state index >= 15 is 0 Å². The first-order valence-electron chi connectivity index (χ1n) is 10.7. The molecule has 0 spiro atoms. The third-order valence-electron chi connectivity index (χ3n) is 5.16. The van der Waals surface area contributed by atoms with Crippen LogP contribution in [-0.4, -0.2) is 6.54 Å². The summed E-state index contributed by atoms with van der Waals surface area (Å²) in [5.41, 5.74) is 17.6. The van der Waals surface area contributed by atoms with Crippen molar-refractivity contribution in [1.29, 1.82) is 0 Å². The van der Waals surface area contributed by atoms with Crippen LogP contribution in [0.4, 0.5) is 5.69 Å². The zero-order valence-corrected chi connectivity index (χ0v) is 18.2. The molecule has 0 heterocycles. The largest absolute Gasteiger partial charge is 0.399 e. The number of benzene rings is 2. The van der Waals surface area contributed by atoms with E-state index in [0.29, 0.717) is 0 Å². The molecule has 2 nitrogen and oxygen atoms in total. The summed E-state index contributed by atoms with van der Waals surface area (Å²) in [4.78, 5) is 0. The molecule has 1 aliphatic rings. The summed E-state index contributed by atoms with van der Waals surface area (Å²) in [5.74, 6) is 0.794. The first-order valence-corrected chi connectivity index (χ1v) is 10.7. The lowest BCUT2D eigenvalue weighted by atomic mass is 9.83. The molecule has 3 rings (SSSR count). The molecule has 0 radical (unpaired) electrons. The predicted molar refractivity (Wildman–Crippen MR) is 126 cm³/mol. The number of anilines is 1. The SMILES string of the molecule is C=CC.Cc1cc(C2CCCCC2)ccc1N.Cc1ccc(CCCN)cc1. The van der Waals surface area contributed by atoms with Gasteiger partial charge in [0.25, 0.3) is 0 Å². The van der Waals surface area contributed by atoms with Gasteiger partial charge in [-0.1, -0.05) is 67.3 Å². The Balaban J connectivity index is 0.000000252. The number of nitrogens with two attached hydrogens (primary N) is 2. The van der Waals surface area contributed by atoms with Crippen molar-refractivity contribution in [2.45, 2.75) is 71.6 Å². The van der Waals surface area contributed by atoms with Crippen LogP contribution in [0.5, 0.6) is 0 Å². The number of hydrogen-bond donors (Lipinski definition) is 2. The van der Waals surface area contributed by atoms with Gasteiger partial charge < -0.3 is 11.5 Å². The van der Waals surface area contributed by atoms with Gasteiger partial charge in [0.15, 0.2) is 0 Å². The Morgan fingerprint density at radius 3 is 2.14 bits per heavy atom. The molecule has 0 atom stereocenters. The Bertz CT molecular complexity index is 667. The second kappa shape index (κ2) is 14.0. The maximum Gasteiger partial charge on any atom is 0.0343 e. The molecule has 0 unspecified atom stereocenters. The van der Waals surface area contributed by atoms with E-state index in [2.05, 4.69) is 62.9 Å². The minimum Gasteiger partial charge on any atom is -0.399 e. The molecule has 154 valence electrons. The molecule has 0 aliphatic heterocycles. The van der Waals surface area contributed by atoms with Crippen molar-refractivity contribution in [3.8, 4) is 0 Å². The Kier molecular flexibility index (Phi) is 12.0. The van der Waals surface area contributed by atoms with Crippen molar-refractivity contribution in [3.05, 3.63) is 77.4 Å². The molecule has 1 saturated carbocycles. The summed E-state index contributed by atoms with van der Waals surface area (Å²) in [6.45, 7) is 10.2. The van der Waals surface area contributed by atoms with Gasteiger partial charge in [0, 0.05) is 5.69 Å². The minimum atomic E-state index is 0.786. The summed E-state index contributed by atoms with van der Waals surface area (Å²) in [5, 5.41) is 0. The molecular weight excluding hydrogens is 340 g/mol. The Hall–Kier alpha value is -2.06. The smallest absolute Gasteiger partial charge is 0.0343 e. The summed E-state index contributed by atoms with van der Waals surface area (Å²) < 4.78 is 0. The molecule has 2 aromatic carbocycles. The molecule has 1 aliphatic carbocycles. The van der Waals surface area contributed by atoms with Crippen molar-refractivity contribution >= 4 is 5.69 Å². The van der Waals surface area contributed by atoms with E-state index < -0.39 is 0 Å². The van der Waals surface area contributed by atoms with E-state index in [4.69, 9.17) is 11.5 Å².